The summed E-state index contributed by atoms with van der Waals surface area (Å²) in [5.74, 6) is 0.359. The lowest BCUT2D eigenvalue weighted by molar-refractivity contribution is 0.0601. The Morgan fingerprint density at radius 3 is 2.86 bits per heavy atom. The number of methoxy groups -OCH3 is 1. The number of hydrogen-bond acceptors (Lipinski definition) is 5. The molecule has 0 atom stereocenters. The van der Waals surface area contributed by atoms with E-state index in [0.29, 0.717) is 18.9 Å². The van der Waals surface area contributed by atoms with Crippen molar-refractivity contribution in [1.29, 1.82) is 0 Å². The van der Waals surface area contributed by atoms with Crippen LogP contribution >= 0.6 is 0 Å². The van der Waals surface area contributed by atoms with Crippen LogP contribution in [0.5, 0.6) is 0 Å². The Balaban J connectivity index is 1.72. The van der Waals surface area contributed by atoms with Crippen LogP contribution in [0.4, 0.5) is 5.82 Å². The maximum Gasteiger partial charge on any atom is 0.343 e. The fourth-order valence-corrected chi connectivity index (χ4v) is 2.42. The molecular weight excluding hydrogens is 268 g/mol. The Labute approximate surface area is 123 Å². The lowest BCUT2D eigenvalue weighted by Gasteiger charge is -2.29. The fraction of sp³-hybridized carbons (Fsp3) is 0.333. The van der Waals surface area contributed by atoms with Crippen LogP contribution in [0.3, 0.4) is 0 Å². The smallest absolute Gasteiger partial charge is 0.343 e. The predicted molar refractivity (Wildman–Crippen MR) is 78.8 cm³/mol. The van der Waals surface area contributed by atoms with Crippen molar-refractivity contribution in [2.45, 2.75) is 20.1 Å². The predicted octanol–water partition coefficient (Wildman–Crippen LogP) is 1.82. The van der Waals surface area contributed by atoms with Gasteiger partial charge in [-0.05, 0) is 12.5 Å². The van der Waals surface area contributed by atoms with Crippen molar-refractivity contribution < 1.29 is 9.53 Å². The summed E-state index contributed by atoms with van der Waals surface area (Å²) in [6, 6.07) is 8.49. The minimum absolute atomic E-state index is 0.365. The fourth-order valence-electron chi connectivity index (χ4n) is 2.42. The molecule has 110 valence electrons. The first-order valence-electron chi connectivity index (χ1n) is 6.83. The number of nitrogens with zero attached hydrogens (tertiary/aromatic N) is 3. The minimum atomic E-state index is -0.365. The Morgan fingerprint density at radius 2 is 2.14 bits per heavy atom. The first kappa shape index (κ1) is 13.6. The third kappa shape index (κ3) is 2.75. The number of carbonyl (C=O) groups excluding carboxylic acids is 1. The van der Waals surface area contributed by atoms with Gasteiger partial charge < -0.3 is 10.1 Å². The molecule has 1 aliphatic heterocycles. The molecule has 0 fully saturated rings. The molecule has 1 N–H and O–H groups in total. The molecule has 2 heterocycles. The van der Waals surface area contributed by atoms with E-state index in [1.165, 1.54) is 18.2 Å². The number of hydrogen-bond donors (Lipinski definition) is 1. The molecule has 1 aliphatic rings. The number of rotatable bonds is 3. The largest absolute Gasteiger partial charge is 0.465 e. The van der Waals surface area contributed by atoms with E-state index in [-0.39, 0.29) is 5.97 Å². The van der Waals surface area contributed by atoms with Crippen LogP contribution in [0.2, 0.25) is 0 Å². The molecule has 1 aromatic carbocycles. The van der Waals surface area contributed by atoms with Crippen LogP contribution in [0, 0.1) is 6.92 Å². The normalized spacial score (nSPS) is 14.4. The SMILES string of the molecule is COC(=O)c1cnn2c1NCN(Cc1ccc(C)cc1)C2. The van der Waals surface area contributed by atoms with Crippen molar-refractivity contribution in [1.82, 2.24) is 14.7 Å². The lowest BCUT2D eigenvalue weighted by atomic mass is 10.1. The van der Waals surface area contributed by atoms with E-state index in [9.17, 15) is 4.79 Å². The summed E-state index contributed by atoms with van der Waals surface area (Å²) in [6.45, 7) is 4.23. The molecule has 6 heteroatoms. The maximum absolute atomic E-state index is 11.6. The Kier molecular flexibility index (Phi) is 3.62. The zero-order valence-corrected chi connectivity index (χ0v) is 12.2. The molecule has 2 aromatic rings. The van der Waals surface area contributed by atoms with E-state index < -0.39 is 0 Å². The number of ether oxygens (including phenoxy) is 1. The molecule has 6 nitrogen and oxygen atoms in total. The summed E-state index contributed by atoms with van der Waals surface area (Å²) in [5.41, 5.74) is 2.99. The number of aryl methyl sites for hydroxylation is 1. The Hall–Kier alpha value is -2.34. The summed E-state index contributed by atoms with van der Waals surface area (Å²) in [5, 5.41) is 7.48. The van der Waals surface area contributed by atoms with Gasteiger partial charge >= 0.3 is 5.97 Å². The number of aromatic nitrogens is 2. The van der Waals surface area contributed by atoms with Crippen molar-refractivity contribution in [3.05, 3.63) is 47.2 Å². The van der Waals surface area contributed by atoms with Gasteiger partial charge in [0.2, 0.25) is 0 Å². The van der Waals surface area contributed by atoms with Crippen molar-refractivity contribution in [2.75, 3.05) is 19.1 Å². The van der Waals surface area contributed by atoms with Crippen LogP contribution in [-0.2, 0) is 18.0 Å². The van der Waals surface area contributed by atoms with Crippen LogP contribution in [-0.4, -0.2) is 34.4 Å². The van der Waals surface area contributed by atoms with E-state index in [2.05, 4.69) is 46.5 Å². The highest BCUT2D eigenvalue weighted by Crippen LogP contribution is 2.21. The highest BCUT2D eigenvalue weighted by molar-refractivity contribution is 5.94. The highest BCUT2D eigenvalue weighted by Gasteiger charge is 2.23. The molecular formula is C15H18N4O2. The number of carbonyl (C=O) groups is 1. The molecule has 0 unspecified atom stereocenters. The molecule has 3 rings (SSSR count). The second kappa shape index (κ2) is 5.57. The van der Waals surface area contributed by atoms with Crippen molar-refractivity contribution in [2.24, 2.45) is 0 Å². The quantitative estimate of drug-likeness (QED) is 0.872. The summed E-state index contributed by atoms with van der Waals surface area (Å²) in [4.78, 5) is 13.8. The molecule has 1 aromatic heterocycles. The molecule has 0 amide bonds. The van der Waals surface area contributed by atoms with E-state index in [1.54, 1.807) is 10.9 Å². The van der Waals surface area contributed by atoms with Gasteiger partial charge in [0, 0.05) is 6.54 Å². The number of benzene rings is 1. The molecule has 0 saturated carbocycles. The van der Waals surface area contributed by atoms with Crippen LogP contribution in [0.15, 0.2) is 30.5 Å². The minimum Gasteiger partial charge on any atom is -0.465 e. The zero-order valence-electron chi connectivity index (χ0n) is 12.2. The first-order chi connectivity index (χ1) is 10.2. The highest BCUT2D eigenvalue weighted by atomic mass is 16.5. The van der Waals surface area contributed by atoms with Gasteiger partial charge in [0.1, 0.15) is 11.4 Å². The molecule has 0 aliphatic carbocycles. The zero-order chi connectivity index (χ0) is 14.8. The van der Waals surface area contributed by atoms with E-state index in [1.807, 2.05) is 0 Å². The first-order valence-corrected chi connectivity index (χ1v) is 6.83. The second-order valence-corrected chi connectivity index (χ2v) is 5.19. The average molecular weight is 286 g/mol. The Bertz CT molecular complexity index is 648. The lowest BCUT2D eigenvalue weighted by Crippen LogP contribution is -2.37. The van der Waals surface area contributed by atoms with Gasteiger partial charge in [-0.1, -0.05) is 29.8 Å². The second-order valence-electron chi connectivity index (χ2n) is 5.19. The van der Waals surface area contributed by atoms with Gasteiger partial charge in [0.25, 0.3) is 0 Å². The monoisotopic (exact) mass is 286 g/mol. The van der Waals surface area contributed by atoms with Gasteiger partial charge in [-0.3, -0.25) is 4.90 Å². The third-order valence-electron chi connectivity index (χ3n) is 3.58. The molecule has 0 spiro atoms. The van der Waals surface area contributed by atoms with Crippen LogP contribution in [0.25, 0.3) is 0 Å². The van der Waals surface area contributed by atoms with Crippen LogP contribution in [0.1, 0.15) is 21.5 Å². The number of nitrogens with one attached hydrogen (secondary N) is 1. The standard InChI is InChI=1S/C15H18N4O2/c1-11-3-5-12(6-4-11)8-18-9-16-14-13(15(20)21-2)7-17-19(14)10-18/h3-7,16H,8-10H2,1-2H3. The van der Waals surface area contributed by atoms with Crippen molar-refractivity contribution in [3.8, 4) is 0 Å². The van der Waals surface area contributed by atoms with Crippen LogP contribution < -0.4 is 5.32 Å². The molecule has 21 heavy (non-hydrogen) atoms. The molecule has 0 saturated heterocycles. The maximum atomic E-state index is 11.6. The van der Waals surface area contributed by atoms with Gasteiger partial charge in [0.15, 0.2) is 0 Å². The van der Waals surface area contributed by atoms with Crippen molar-refractivity contribution >= 4 is 11.8 Å². The molecule has 0 bridgehead atoms. The number of fused-ring (bicyclic) bond motifs is 1. The third-order valence-corrected chi connectivity index (χ3v) is 3.58. The average Bonchev–Trinajstić information content (AvgIpc) is 2.92. The van der Waals surface area contributed by atoms with Crippen molar-refractivity contribution in [3.63, 3.8) is 0 Å². The van der Waals surface area contributed by atoms with Gasteiger partial charge in [-0.25, -0.2) is 9.48 Å². The van der Waals surface area contributed by atoms with E-state index in [0.717, 1.165) is 12.4 Å². The summed E-state index contributed by atoms with van der Waals surface area (Å²) in [7, 11) is 1.37. The van der Waals surface area contributed by atoms with Gasteiger partial charge in [-0.2, -0.15) is 5.10 Å². The van der Waals surface area contributed by atoms with E-state index >= 15 is 0 Å². The summed E-state index contributed by atoms with van der Waals surface area (Å²) in [6.07, 6.45) is 1.55. The Morgan fingerprint density at radius 1 is 1.38 bits per heavy atom. The van der Waals surface area contributed by atoms with Gasteiger partial charge in [-0.15, -0.1) is 0 Å². The van der Waals surface area contributed by atoms with Gasteiger partial charge in [0.05, 0.1) is 26.6 Å². The van der Waals surface area contributed by atoms with E-state index in [4.69, 9.17) is 4.74 Å². The summed E-state index contributed by atoms with van der Waals surface area (Å²) < 4.78 is 6.53. The topological polar surface area (TPSA) is 59.4 Å². The summed E-state index contributed by atoms with van der Waals surface area (Å²) >= 11 is 0. The molecule has 0 radical (unpaired) electrons. The number of esters is 1. The number of anilines is 1.